The molecule has 0 radical (unpaired) electrons. The lowest BCUT2D eigenvalue weighted by molar-refractivity contribution is -0.113. The maximum Gasteiger partial charge on any atom is 0.234 e. The molecule has 0 bridgehead atoms. The summed E-state index contributed by atoms with van der Waals surface area (Å²) in [4.78, 5) is 14.2. The third-order valence-corrected chi connectivity index (χ3v) is 4.58. The standard InChI is InChI=1S/C16H17NOS2/c1-12-7-9-13(10-8-12)20-11-16(18)17-14-5-3-4-6-15(14)19-2/h3-10H,11H2,1-2H3,(H,17,18). The summed E-state index contributed by atoms with van der Waals surface area (Å²) >= 11 is 3.18. The summed E-state index contributed by atoms with van der Waals surface area (Å²) in [6, 6.07) is 16.1. The number of para-hydroxylation sites is 1. The van der Waals surface area contributed by atoms with Crippen LogP contribution in [0.3, 0.4) is 0 Å². The van der Waals surface area contributed by atoms with Crippen LogP contribution in [0, 0.1) is 6.92 Å². The second-order valence-electron chi connectivity index (χ2n) is 4.35. The zero-order valence-electron chi connectivity index (χ0n) is 11.6. The molecular formula is C16H17NOS2. The Morgan fingerprint density at radius 1 is 1.10 bits per heavy atom. The summed E-state index contributed by atoms with van der Waals surface area (Å²) in [7, 11) is 0. The molecule has 0 fully saturated rings. The Hall–Kier alpha value is -1.39. The minimum atomic E-state index is 0.0251. The Kier molecular flexibility index (Phi) is 5.56. The third kappa shape index (κ3) is 4.32. The fourth-order valence-corrected chi connectivity index (χ4v) is 2.97. The van der Waals surface area contributed by atoms with Gasteiger partial charge >= 0.3 is 0 Å². The van der Waals surface area contributed by atoms with Crippen molar-refractivity contribution in [2.24, 2.45) is 0 Å². The van der Waals surface area contributed by atoms with Gasteiger partial charge in [-0.15, -0.1) is 23.5 Å². The number of amides is 1. The zero-order valence-corrected chi connectivity index (χ0v) is 13.2. The number of carbonyl (C=O) groups is 1. The average Bonchev–Trinajstić information content (AvgIpc) is 2.47. The van der Waals surface area contributed by atoms with Crippen LogP contribution in [0.15, 0.2) is 58.3 Å². The first-order chi connectivity index (χ1) is 9.69. The molecule has 2 nitrogen and oxygen atoms in total. The molecule has 4 heteroatoms. The van der Waals surface area contributed by atoms with Gasteiger partial charge in [-0.25, -0.2) is 0 Å². The number of rotatable bonds is 5. The molecule has 20 heavy (non-hydrogen) atoms. The van der Waals surface area contributed by atoms with E-state index >= 15 is 0 Å². The van der Waals surface area contributed by atoms with Gasteiger partial charge in [-0.2, -0.15) is 0 Å². The Balaban J connectivity index is 1.91. The molecule has 0 aromatic heterocycles. The van der Waals surface area contributed by atoms with E-state index in [9.17, 15) is 4.79 Å². The molecule has 104 valence electrons. The highest BCUT2D eigenvalue weighted by molar-refractivity contribution is 8.00. The third-order valence-electron chi connectivity index (χ3n) is 2.77. The summed E-state index contributed by atoms with van der Waals surface area (Å²) in [5.41, 5.74) is 2.11. The lowest BCUT2D eigenvalue weighted by Gasteiger charge is -2.09. The zero-order chi connectivity index (χ0) is 14.4. The molecule has 2 rings (SSSR count). The highest BCUT2D eigenvalue weighted by atomic mass is 32.2. The predicted molar refractivity (Wildman–Crippen MR) is 88.8 cm³/mol. The molecule has 0 aliphatic carbocycles. The average molecular weight is 303 g/mol. The van der Waals surface area contributed by atoms with Crippen molar-refractivity contribution in [3.05, 3.63) is 54.1 Å². The van der Waals surface area contributed by atoms with Crippen LogP contribution >= 0.6 is 23.5 Å². The smallest absolute Gasteiger partial charge is 0.234 e. The number of carbonyl (C=O) groups excluding carboxylic acids is 1. The van der Waals surface area contributed by atoms with Crippen molar-refractivity contribution in [2.45, 2.75) is 16.7 Å². The summed E-state index contributed by atoms with van der Waals surface area (Å²) < 4.78 is 0. The lowest BCUT2D eigenvalue weighted by atomic mass is 10.2. The van der Waals surface area contributed by atoms with Crippen LogP contribution in [0.2, 0.25) is 0 Å². The lowest BCUT2D eigenvalue weighted by Crippen LogP contribution is -2.14. The van der Waals surface area contributed by atoms with Crippen molar-refractivity contribution in [1.82, 2.24) is 0 Å². The fourth-order valence-electron chi connectivity index (χ4n) is 1.72. The molecule has 0 aliphatic heterocycles. The van der Waals surface area contributed by atoms with Crippen molar-refractivity contribution in [3.63, 3.8) is 0 Å². The molecule has 0 aliphatic rings. The Bertz CT molecular complexity index is 581. The van der Waals surface area contributed by atoms with Gasteiger partial charge in [0.25, 0.3) is 0 Å². The van der Waals surface area contributed by atoms with Gasteiger partial charge in [0, 0.05) is 9.79 Å². The second-order valence-corrected chi connectivity index (χ2v) is 6.25. The van der Waals surface area contributed by atoms with Crippen LogP contribution in [-0.4, -0.2) is 17.9 Å². The van der Waals surface area contributed by atoms with Crippen LogP contribution in [0.1, 0.15) is 5.56 Å². The van der Waals surface area contributed by atoms with Gasteiger partial charge in [-0.3, -0.25) is 4.79 Å². The van der Waals surface area contributed by atoms with E-state index in [1.165, 1.54) is 5.56 Å². The van der Waals surface area contributed by atoms with E-state index in [0.717, 1.165) is 15.5 Å². The van der Waals surface area contributed by atoms with Crippen molar-refractivity contribution < 1.29 is 4.79 Å². The summed E-state index contributed by atoms with van der Waals surface area (Å²) in [6.07, 6.45) is 2.01. The molecule has 2 aromatic carbocycles. The van der Waals surface area contributed by atoms with Crippen LogP contribution in [0.25, 0.3) is 0 Å². The van der Waals surface area contributed by atoms with E-state index in [0.29, 0.717) is 5.75 Å². The SMILES string of the molecule is CSc1ccccc1NC(=O)CSc1ccc(C)cc1. The van der Waals surface area contributed by atoms with Crippen molar-refractivity contribution in [3.8, 4) is 0 Å². The van der Waals surface area contributed by atoms with Crippen LogP contribution in [-0.2, 0) is 4.79 Å². The van der Waals surface area contributed by atoms with Crippen molar-refractivity contribution in [1.29, 1.82) is 0 Å². The van der Waals surface area contributed by atoms with E-state index < -0.39 is 0 Å². The van der Waals surface area contributed by atoms with Gasteiger partial charge < -0.3 is 5.32 Å². The molecule has 0 heterocycles. The van der Waals surface area contributed by atoms with Gasteiger partial charge in [-0.05, 0) is 37.4 Å². The highest BCUT2D eigenvalue weighted by Crippen LogP contribution is 2.25. The number of thioether (sulfide) groups is 2. The summed E-state index contributed by atoms with van der Waals surface area (Å²) in [5, 5.41) is 2.96. The topological polar surface area (TPSA) is 29.1 Å². The van der Waals surface area contributed by atoms with E-state index in [-0.39, 0.29) is 5.91 Å². The second kappa shape index (κ2) is 7.41. The molecule has 0 saturated carbocycles. The maximum atomic E-state index is 12.0. The van der Waals surface area contributed by atoms with Crippen LogP contribution in [0.5, 0.6) is 0 Å². The van der Waals surface area contributed by atoms with E-state index in [4.69, 9.17) is 0 Å². The maximum absolute atomic E-state index is 12.0. The Morgan fingerprint density at radius 2 is 1.80 bits per heavy atom. The number of nitrogens with one attached hydrogen (secondary N) is 1. The largest absolute Gasteiger partial charge is 0.324 e. The molecule has 0 spiro atoms. The molecule has 1 amide bonds. The molecule has 1 N–H and O–H groups in total. The molecule has 0 unspecified atom stereocenters. The van der Waals surface area contributed by atoms with E-state index in [2.05, 4.69) is 24.4 Å². The Morgan fingerprint density at radius 3 is 2.50 bits per heavy atom. The first-order valence-electron chi connectivity index (χ1n) is 6.31. The first-order valence-corrected chi connectivity index (χ1v) is 8.52. The molecule has 0 atom stereocenters. The fraction of sp³-hybridized carbons (Fsp3) is 0.188. The monoisotopic (exact) mass is 303 g/mol. The minimum absolute atomic E-state index is 0.0251. The van der Waals surface area contributed by atoms with Gasteiger partial charge in [0.05, 0.1) is 11.4 Å². The van der Waals surface area contributed by atoms with E-state index in [1.807, 2.05) is 42.7 Å². The normalized spacial score (nSPS) is 10.3. The van der Waals surface area contributed by atoms with E-state index in [1.54, 1.807) is 23.5 Å². The van der Waals surface area contributed by atoms with Crippen molar-refractivity contribution >= 4 is 35.1 Å². The van der Waals surface area contributed by atoms with Crippen molar-refractivity contribution in [2.75, 3.05) is 17.3 Å². The van der Waals surface area contributed by atoms with Crippen LogP contribution in [0.4, 0.5) is 5.69 Å². The predicted octanol–water partition coefficient (Wildman–Crippen LogP) is 4.45. The molecular weight excluding hydrogens is 286 g/mol. The molecule has 2 aromatic rings. The number of anilines is 1. The number of benzene rings is 2. The summed E-state index contributed by atoms with van der Waals surface area (Å²) in [5.74, 6) is 0.447. The number of aryl methyl sites for hydroxylation is 1. The number of hydrogen-bond acceptors (Lipinski definition) is 3. The number of hydrogen-bond donors (Lipinski definition) is 1. The highest BCUT2D eigenvalue weighted by Gasteiger charge is 2.06. The minimum Gasteiger partial charge on any atom is -0.324 e. The quantitative estimate of drug-likeness (QED) is 0.828. The van der Waals surface area contributed by atoms with Gasteiger partial charge in [0.2, 0.25) is 5.91 Å². The van der Waals surface area contributed by atoms with Gasteiger partial charge in [0.15, 0.2) is 0 Å². The van der Waals surface area contributed by atoms with Gasteiger partial charge in [-0.1, -0.05) is 29.8 Å². The Labute approximate surface area is 128 Å². The van der Waals surface area contributed by atoms with Gasteiger partial charge in [0.1, 0.15) is 0 Å². The van der Waals surface area contributed by atoms with Crippen LogP contribution < -0.4 is 5.32 Å². The molecule has 0 saturated heterocycles. The first kappa shape index (κ1) is 15.0. The summed E-state index contributed by atoms with van der Waals surface area (Å²) in [6.45, 7) is 2.06.